The lowest BCUT2D eigenvalue weighted by molar-refractivity contribution is 0.575. The van der Waals surface area contributed by atoms with E-state index in [1.165, 1.54) is 0 Å². The van der Waals surface area contributed by atoms with Gasteiger partial charge in [-0.3, -0.25) is 0 Å². The van der Waals surface area contributed by atoms with Crippen molar-refractivity contribution in [3.8, 4) is 11.1 Å². The van der Waals surface area contributed by atoms with Crippen molar-refractivity contribution in [1.29, 1.82) is 0 Å². The quantitative estimate of drug-likeness (QED) is 0.673. The van der Waals surface area contributed by atoms with Gasteiger partial charge < -0.3 is 0 Å². The standard InChI is InChI=1S/C15H15Cl3N2/c1-9(2)7-8-12-19-14(17)13(15(18)20-12)10-5-3-4-6-11(10)16/h3-6,9H,7-8H2,1-2H3. The molecule has 5 heteroatoms. The molecule has 2 nitrogen and oxygen atoms in total. The minimum Gasteiger partial charge on any atom is -0.220 e. The van der Waals surface area contributed by atoms with Gasteiger partial charge in [-0.05, 0) is 18.4 Å². The van der Waals surface area contributed by atoms with Crippen molar-refractivity contribution in [3.05, 3.63) is 45.4 Å². The Hall–Kier alpha value is -0.830. The second kappa shape index (κ2) is 6.75. The summed E-state index contributed by atoms with van der Waals surface area (Å²) in [6, 6.07) is 7.37. The molecule has 0 aliphatic carbocycles. The van der Waals surface area contributed by atoms with E-state index in [-0.39, 0.29) is 0 Å². The van der Waals surface area contributed by atoms with Gasteiger partial charge in [0.15, 0.2) is 0 Å². The van der Waals surface area contributed by atoms with E-state index in [4.69, 9.17) is 34.8 Å². The van der Waals surface area contributed by atoms with Crippen molar-refractivity contribution in [2.75, 3.05) is 0 Å². The zero-order chi connectivity index (χ0) is 14.7. The molecule has 0 bridgehead atoms. The number of hydrogen-bond acceptors (Lipinski definition) is 2. The molecule has 2 aromatic rings. The van der Waals surface area contributed by atoms with Gasteiger partial charge in [-0.15, -0.1) is 0 Å². The Balaban J connectivity index is 2.39. The van der Waals surface area contributed by atoms with Crippen molar-refractivity contribution in [2.24, 2.45) is 5.92 Å². The van der Waals surface area contributed by atoms with Crippen LogP contribution in [0, 0.1) is 5.92 Å². The summed E-state index contributed by atoms with van der Waals surface area (Å²) in [4.78, 5) is 8.67. The number of aryl methyl sites for hydroxylation is 1. The molecule has 0 saturated heterocycles. The zero-order valence-electron chi connectivity index (χ0n) is 11.3. The molecule has 20 heavy (non-hydrogen) atoms. The lowest BCUT2D eigenvalue weighted by Gasteiger charge is -2.10. The van der Waals surface area contributed by atoms with Crippen LogP contribution < -0.4 is 0 Å². The summed E-state index contributed by atoms with van der Waals surface area (Å²) in [7, 11) is 0. The van der Waals surface area contributed by atoms with Crippen molar-refractivity contribution < 1.29 is 0 Å². The maximum atomic E-state index is 6.26. The number of benzene rings is 1. The molecule has 0 N–H and O–H groups in total. The van der Waals surface area contributed by atoms with E-state index in [0.717, 1.165) is 18.4 Å². The number of nitrogens with zero attached hydrogens (tertiary/aromatic N) is 2. The Morgan fingerprint density at radius 1 is 1.00 bits per heavy atom. The van der Waals surface area contributed by atoms with Crippen LogP contribution in [-0.4, -0.2) is 9.97 Å². The molecule has 0 amide bonds. The minimum atomic E-state index is 0.344. The van der Waals surface area contributed by atoms with Crippen LogP contribution in [0.3, 0.4) is 0 Å². The third-order valence-corrected chi connectivity index (χ3v) is 3.83. The van der Waals surface area contributed by atoms with Crippen molar-refractivity contribution >= 4 is 34.8 Å². The summed E-state index contributed by atoms with van der Waals surface area (Å²) in [5.41, 5.74) is 1.34. The molecule has 1 heterocycles. The highest BCUT2D eigenvalue weighted by molar-refractivity contribution is 6.40. The van der Waals surface area contributed by atoms with Gasteiger partial charge in [-0.25, -0.2) is 9.97 Å². The molecule has 106 valence electrons. The highest BCUT2D eigenvalue weighted by Crippen LogP contribution is 2.36. The molecule has 1 aromatic heterocycles. The predicted octanol–water partition coefficient (Wildman–Crippen LogP) is 5.69. The van der Waals surface area contributed by atoms with Crippen molar-refractivity contribution in [3.63, 3.8) is 0 Å². The van der Waals surface area contributed by atoms with Crippen LogP contribution >= 0.6 is 34.8 Å². The molecule has 0 aliphatic heterocycles. The summed E-state index contributed by atoms with van der Waals surface area (Å²) in [6.45, 7) is 4.31. The van der Waals surface area contributed by atoms with Crippen molar-refractivity contribution in [2.45, 2.75) is 26.7 Å². The Morgan fingerprint density at radius 2 is 1.60 bits per heavy atom. The van der Waals surface area contributed by atoms with Gasteiger partial charge in [0.05, 0.1) is 5.56 Å². The van der Waals surface area contributed by atoms with Crippen LogP contribution in [0.5, 0.6) is 0 Å². The molecule has 2 rings (SSSR count). The van der Waals surface area contributed by atoms with Crippen LogP contribution in [0.15, 0.2) is 24.3 Å². The molecule has 0 atom stereocenters. The van der Waals surface area contributed by atoms with E-state index >= 15 is 0 Å². The van der Waals surface area contributed by atoms with Crippen LogP contribution in [0.4, 0.5) is 0 Å². The third kappa shape index (κ3) is 3.63. The molecule has 0 saturated carbocycles. The minimum absolute atomic E-state index is 0.344. The smallest absolute Gasteiger partial charge is 0.142 e. The topological polar surface area (TPSA) is 25.8 Å². The van der Waals surface area contributed by atoms with Crippen molar-refractivity contribution in [1.82, 2.24) is 9.97 Å². The summed E-state index contributed by atoms with van der Waals surface area (Å²) in [6.07, 6.45) is 1.76. The van der Waals surface area contributed by atoms with Crippen LogP contribution in [0.1, 0.15) is 26.1 Å². The maximum absolute atomic E-state index is 6.26. The molecule has 0 unspecified atom stereocenters. The fourth-order valence-corrected chi connectivity index (χ4v) is 2.72. The van der Waals surface area contributed by atoms with E-state index in [2.05, 4.69) is 23.8 Å². The highest BCUT2D eigenvalue weighted by Gasteiger charge is 2.16. The lowest BCUT2D eigenvalue weighted by atomic mass is 10.1. The SMILES string of the molecule is CC(C)CCc1nc(Cl)c(-c2ccccc2Cl)c(Cl)n1. The summed E-state index contributed by atoms with van der Waals surface area (Å²) in [5.74, 6) is 1.25. The van der Waals surface area contributed by atoms with Gasteiger partial charge in [-0.1, -0.05) is 66.8 Å². The average molecular weight is 330 g/mol. The van der Waals surface area contributed by atoms with E-state index < -0.39 is 0 Å². The molecule has 1 aromatic carbocycles. The first-order valence-electron chi connectivity index (χ1n) is 6.46. The lowest BCUT2D eigenvalue weighted by Crippen LogP contribution is -2.01. The Kier molecular flexibility index (Phi) is 5.25. The fourth-order valence-electron chi connectivity index (χ4n) is 1.86. The first-order chi connectivity index (χ1) is 9.49. The monoisotopic (exact) mass is 328 g/mol. The number of rotatable bonds is 4. The Bertz CT molecular complexity index is 589. The molecular formula is C15H15Cl3N2. The van der Waals surface area contributed by atoms with E-state index in [1.54, 1.807) is 6.07 Å². The van der Waals surface area contributed by atoms with Gasteiger partial charge in [0.2, 0.25) is 0 Å². The number of hydrogen-bond donors (Lipinski definition) is 0. The van der Waals surface area contributed by atoms with E-state index in [0.29, 0.717) is 32.6 Å². The Morgan fingerprint density at radius 3 is 2.15 bits per heavy atom. The van der Waals surface area contributed by atoms with Crippen LogP contribution in [0.2, 0.25) is 15.3 Å². The predicted molar refractivity (Wildman–Crippen MR) is 85.7 cm³/mol. The number of aromatic nitrogens is 2. The molecule has 0 radical (unpaired) electrons. The zero-order valence-corrected chi connectivity index (χ0v) is 13.6. The first-order valence-corrected chi connectivity index (χ1v) is 7.59. The van der Waals surface area contributed by atoms with Crippen LogP contribution in [0.25, 0.3) is 11.1 Å². The first kappa shape index (κ1) is 15.6. The largest absolute Gasteiger partial charge is 0.220 e. The second-order valence-corrected chi connectivity index (χ2v) is 6.13. The third-order valence-electron chi connectivity index (χ3n) is 2.96. The maximum Gasteiger partial charge on any atom is 0.142 e. The summed E-state index contributed by atoms with van der Waals surface area (Å²) >= 11 is 18.7. The summed E-state index contributed by atoms with van der Waals surface area (Å²) in [5, 5.41) is 1.27. The van der Waals surface area contributed by atoms with Crippen LogP contribution in [-0.2, 0) is 6.42 Å². The normalized spacial score (nSPS) is 11.1. The van der Waals surface area contributed by atoms with Gasteiger partial charge in [-0.2, -0.15) is 0 Å². The van der Waals surface area contributed by atoms with Gasteiger partial charge in [0, 0.05) is 17.0 Å². The highest BCUT2D eigenvalue weighted by atomic mass is 35.5. The van der Waals surface area contributed by atoms with Gasteiger partial charge >= 0.3 is 0 Å². The number of halogens is 3. The average Bonchev–Trinajstić information content (AvgIpc) is 2.38. The summed E-state index contributed by atoms with van der Waals surface area (Å²) < 4.78 is 0. The fraction of sp³-hybridized carbons (Fsp3) is 0.333. The van der Waals surface area contributed by atoms with E-state index in [9.17, 15) is 0 Å². The molecule has 0 aliphatic rings. The molecule has 0 spiro atoms. The molecular weight excluding hydrogens is 315 g/mol. The molecule has 0 fully saturated rings. The van der Waals surface area contributed by atoms with Gasteiger partial charge in [0.25, 0.3) is 0 Å². The van der Waals surface area contributed by atoms with Gasteiger partial charge in [0.1, 0.15) is 16.1 Å². The van der Waals surface area contributed by atoms with E-state index in [1.807, 2.05) is 18.2 Å². The Labute approximate surface area is 134 Å². The second-order valence-electron chi connectivity index (χ2n) is 5.01.